The highest BCUT2D eigenvalue weighted by Gasteiger charge is 2.24. The van der Waals surface area contributed by atoms with Gasteiger partial charge in [0.25, 0.3) is 0 Å². The van der Waals surface area contributed by atoms with Gasteiger partial charge in [-0.25, -0.2) is 0 Å². The summed E-state index contributed by atoms with van der Waals surface area (Å²) in [4.78, 5) is 24.0. The summed E-state index contributed by atoms with van der Waals surface area (Å²) in [5, 5.41) is 0. The number of carbonyl (C=O) groups excluding carboxylic acids is 2. The quantitative estimate of drug-likeness (QED) is 0.586. The predicted octanol–water partition coefficient (Wildman–Crippen LogP) is 1.64. The molecule has 1 aromatic rings. The average Bonchev–Trinajstić information content (AvgIpc) is 2.91. The van der Waals surface area contributed by atoms with Gasteiger partial charge >= 0.3 is 0 Å². The molecule has 0 N–H and O–H groups in total. The van der Waals surface area contributed by atoms with Gasteiger partial charge in [0.1, 0.15) is 6.10 Å². The fourth-order valence-electron chi connectivity index (χ4n) is 1.89. The number of rotatable bonds is 4. The van der Waals surface area contributed by atoms with E-state index in [4.69, 9.17) is 4.74 Å². The zero-order chi connectivity index (χ0) is 12.3. The van der Waals surface area contributed by atoms with E-state index >= 15 is 0 Å². The SMILES string of the molecule is CN(C=O)c1ccc(C(=O)C2CCCO2)cc1. The van der Waals surface area contributed by atoms with Gasteiger partial charge in [0, 0.05) is 24.9 Å². The van der Waals surface area contributed by atoms with Gasteiger partial charge in [0.05, 0.1) is 0 Å². The average molecular weight is 233 g/mol. The van der Waals surface area contributed by atoms with Crippen molar-refractivity contribution < 1.29 is 14.3 Å². The van der Waals surface area contributed by atoms with Crippen LogP contribution in [0, 0.1) is 0 Å². The molecule has 1 aromatic carbocycles. The van der Waals surface area contributed by atoms with Crippen LogP contribution < -0.4 is 4.90 Å². The van der Waals surface area contributed by atoms with Gasteiger partial charge in [-0.2, -0.15) is 0 Å². The summed E-state index contributed by atoms with van der Waals surface area (Å²) in [5.41, 5.74) is 1.41. The van der Waals surface area contributed by atoms with Crippen LogP contribution in [-0.4, -0.2) is 32.0 Å². The standard InChI is InChI=1S/C13H15NO3/c1-14(9-15)11-6-4-10(5-7-11)13(16)12-3-2-8-17-12/h4-7,9,12H,2-3,8H2,1H3. The second kappa shape index (κ2) is 5.10. The Balaban J connectivity index is 2.11. The van der Waals surface area contributed by atoms with Gasteiger partial charge in [-0.15, -0.1) is 0 Å². The molecule has 0 saturated carbocycles. The van der Waals surface area contributed by atoms with E-state index in [1.807, 2.05) is 0 Å². The Morgan fingerprint density at radius 3 is 2.65 bits per heavy atom. The highest BCUT2D eigenvalue weighted by molar-refractivity contribution is 6.00. The Labute approximate surface area is 100 Å². The molecule has 0 radical (unpaired) electrons. The van der Waals surface area contributed by atoms with E-state index in [0.717, 1.165) is 24.9 Å². The molecule has 0 bridgehead atoms. The number of carbonyl (C=O) groups is 2. The first-order valence-corrected chi connectivity index (χ1v) is 5.66. The van der Waals surface area contributed by atoms with Crippen molar-refractivity contribution >= 4 is 17.9 Å². The van der Waals surface area contributed by atoms with E-state index in [1.165, 1.54) is 4.90 Å². The minimum absolute atomic E-state index is 0.0304. The molecule has 17 heavy (non-hydrogen) atoms. The third kappa shape index (κ3) is 2.53. The smallest absolute Gasteiger partial charge is 0.213 e. The van der Waals surface area contributed by atoms with Crippen molar-refractivity contribution in [3.05, 3.63) is 29.8 Å². The van der Waals surface area contributed by atoms with Crippen molar-refractivity contribution in [2.24, 2.45) is 0 Å². The lowest BCUT2D eigenvalue weighted by Crippen LogP contribution is -2.19. The molecule has 1 amide bonds. The first-order valence-electron chi connectivity index (χ1n) is 5.66. The van der Waals surface area contributed by atoms with E-state index in [1.54, 1.807) is 31.3 Å². The monoisotopic (exact) mass is 233 g/mol. The molecule has 1 aliphatic rings. The Hall–Kier alpha value is -1.68. The van der Waals surface area contributed by atoms with Gasteiger partial charge < -0.3 is 9.64 Å². The molecule has 0 aromatic heterocycles. The van der Waals surface area contributed by atoms with Crippen LogP contribution in [0.2, 0.25) is 0 Å². The molecular formula is C13H15NO3. The van der Waals surface area contributed by atoms with Gasteiger partial charge in [-0.1, -0.05) is 0 Å². The van der Waals surface area contributed by atoms with E-state index in [9.17, 15) is 9.59 Å². The zero-order valence-corrected chi connectivity index (χ0v) is 9.76. The Morgan fingerprint density at radius 1 is 1.41 bits per heavy atom. The minimum atomic E-state index is -0.287. The van der Waals surface area contributed by atoms with Crippen LogP contribution in [0.1, 0.15) is 23.2 Å². The second-order valence-electron chi connectivity index (χ2n) is 4.13. The van der Waals surface area contributed by atoms with Gasteiger partial charge in [0.2, 0.25) is 6.41 Å². The molecule has 0 spiro atoms. The first kappa shape index (κ1) is 11.8. The summed E-state index contributed by atoms with van der Waals surface area (Å²) in [7, 11) is 1.67. The maximum absolute atomic E-state index is 12.0. The van der Waals surface area contributed by atoms with Crippen LogP contribution >= 0.6 is 0 Å². The van der Waals surface area contributed by atoms with Crippen molar-refractivity contribution in [3.63, 3.8) is 0 Å². The summed E-state index contributed by atoms with van der Waals surface area (Å²) in [6, 6.07) is 6.99. The molecule has 1 atom stereocenters. The first-order chi connectivity index (χ1) is 8.22. The fraction of sp³-hybridized carbons (Fsp3) is 0.385. The fourth-order valence-corrected chi connectivity index (χ4v) is 1.89. The third-order valence-electron chi connectivity index (χ3n) is 2.94. The third-order valence-corrected chi connectivity index (χ3v) is 2.94. The molecule has 90 valence electrons. The highest BCUT2D eigenvalue weighted by Crippen LogP contribution is 2.19. The molecule has 4 heteroatoms. The number of ether oxygens (including phenoxy) is 1. The summed E-state index contributed by atoms with van der Waals surface area (Å²) in [5.74, 6) is 0.0304. The lowest BCUT2D eigenvalue weighted by Gasteiger charge is -2.12. The molecule has 1 saturated heterocycles. The van der Waals surface area contributed by atoms with Crippen LogP contribution in [-0.2, 0) is 9.53 Å². The number of ketones is 1. The van der Waals surface area contributed by atoms with Crippen molar-refractivity contribution in [2.75, 3.05) is 18.6 Å². The largest absolute Gasteiger partial charge is 0.370 e. The topological polar surface area (TPSA) is 46.6 Å². The summed E-state index contributed by atoms with van der Waals surface area (Å²) in [6.45, 7) is 0.669. The second-order valence-corrected chi connectivity index (χ2v) is 4.13. The summed E-state index contributed by atoms with van der Waals surface area (Å²) >= 11 is 0. The van der Waals surface area contributed by atoms with Crippen molar-refractivity contribution in [1.29, 1.82) is 0 Å². The molecular weight excluding hydrogens is 218 g/mol. The minimum Gasteiger partial charge on any atom is -0.370 e. The van der Waals surface area contributed by atoms with Crippen LogP contribution in [0.25, 0.3) is 0 Å². The lowest BCUT2D eigenvalue weighted by molar-refractivity contribution is -0.107. The van der Waals surface area contributed by atoms with Crippen LogP contribution in [0.4, 0.5) is 5.69 Å². The number of hydrogen-bond acceptors (Lipinski definition) is 3. The van der Waals surface area contributed by atoms with Gasteiger partial charge in [-0.3, -0.25) is 9.59 Å². The number of benzene rings is 1. The molecule has 0 aliphatic carbocycles. The Kier molecular flexibility index (Phi) is 3.54. The van der Waals surface area contributed by atoms with Crippen molar-refractivity contribution in [2.45, 2.75) is 18.9 Å². The maximum Gasteiger partial charge on any atom is 0.213 e. The van der Waals surface area contributed by atoms with Crippen LogP contribution in [0.15, 0.2) is 24.3 Å². The summed E-state index contributed by atoms with van der Waals surface area (Å²) < 4.78 is 5.35. The van der Waals surface area contributed by atoms with E-state index in [-0.39, 0.29) is 11.9 Å². The summed E-state index contributed by atoms with van der Waals surface area (Å²) in [6.07, 6.45) is 2.19. The Bertz CT molecular complexity index is 407. The van der Waals surface area contributed by atoms with Gasteiger partial charge in [0.15, 0.2) is 5.78 Å². The van der Waals surface area contributed by atoms with E-state index < -0.39 is 0 Å². The molecule has 1 unspecified atom stereocenters. The highest BCUT2D eigenvalue weighted by atomic mass is 16.5. The lowest BCUT2D eigenvalue weighted by atomic mass is 10.0. The van der Waals surface area contributed by atoms with Crippen molar-refractivity contribution in [3.8, 4) is 0 Å². The number of amides is 1. The molecule has 1 heterocycles. The van der Waals surface area contributed by atoms with Crippen LogP contribution in [0.5, 0.6) is 0 Å². The molecule has 4 nitrogen and oxygen atoms in total. The number of anilines is 1. The molecule has 2 rings (SSSR count). The van der Waals surface area contributed by atoms with Crippen LogP contribution in [0.3, 0.4) is 0 Å². The normalized spacial score (nSPS) is 19.0. The van der Waals surface area contributed by atoms with Crippen molar-refractivity contribution in [1.82, 2.24) is 0 Å². The molecule has 1 fully saturated rings. The number of hydrogen-bond donors (Lipinski definition) is 0. The predicted molar refractivity (Wildman–Crippen MR) is 64.2 cm³/mol. The number of Topliss-reactive ketones (excluding diaryl/α,β-unsaturated/α-hetero) is 1. The Morgan fingerprint density at radius 2 is 2.12 bits per heavy atom. The zero-order valence-electron chi connectivity index (χ0n) is 9.76. The molecule has 1 aliphatic heterocycles. The van der Waals surface area contributed by atoms with E-state index in [0.29, 0.717) is 12.2 Å². The van der Waals surface area contributed by atoms with E-state index in [2.05, 4.69) is 0 Å². The number of nitrogens with zero attached hydrogens (tertiary/aromatic N) is 1. The maximum atomic E-state index is 12.0. The van der Waals surface area contributed by atoms with Gasteiger partial charge in [-0.05, 0) is 37.1 Å².